The Morgan fingerprint density at radius 2 is 0.548 bits per heavy atom. The van der Waals surface area contributed by atoms with E-state index in [0.717, 1.165) is 0 Å². The Balaban J connectivity index is 2.07. The third-order valence-corrected chi connectivity index (χ3v) is 9.82. The number of hydrogen-bond acceptors (Lipinski definition) is 2. The molecule has 0 N–H and O–H groups in total. The molecule has 0 radical (unpaired) electrons. The van der Waals surface area contributed by atoms with Crippen molar-refractivity contribution < 1.29 is 0 Å². The molecule has 0 amide bonds. The SMILES string of the molecule is CCCCCCCCCCCCCCCCCN1C=CN(CCCCC)C1CCCCCCCCCCCCCCC. The average molecular weight is 589 g/mol. The Bertz CT molecular complexity index is 544. The first kappa shape index (κ1) is 39.4. The van der Waals surface area contributed by atoms with E-state index in [4.69, 9.17) is 0 Å². The molecule has 2 nitrogen and oxygen atoms in total. The van der Waals surface area contributed by atoms with Crippen LogP contribution in [0.5, 0.6) is 0 Å². The van der Waals surface area contributed by atoms with E-state index in [2.05, 4.69) is 43.0 Å². The molecule has 0 saturated carbocycles. The summed E-state index contributed by atoms with van der Waals surface area (Å²) in [5.41, 5.74) is 0. The van der Waals surface area contributed by atoms with Crippen molar-refractivity contribution in [2.45, 2.75) is 232 Å². The Morgan fingerprint density at radius 3 is 0.881 bits per heavy atom. The Labute approximate surface area is 267 Å². The molecule has 0 aromatic carbocycles. The molecule has 0 fully saturated rings. The Kier molecular flexibility index (Phi) is 29.8. The normalized spacial score (nSPS) is 15.0. The molecule has 0 spiro atoms. The number of hydrogen-bond donors (Lipinski definition) is 0. The third kappa shape index (κ3) is 23.8. The van der Waals surface area contributed by atoms with E-state index in [9.17, 15) is 0 Å². The summed E-state index contributed by atoms with van der Waals surface area (Å²) in [4.78, 5) is 5.39. The van der Waals surface area contributed by atoms with Gasteiger partial charge in [0, 0.05) is 25.5 Å². The fourth-order valence-electron chi connectivity index (χ4n) is 6.89. The molecule has 1 aliphatic rings. The quantitative estimate of drug-likeness (QED) is 0.0690. The molecule has 0 aliphatic carbocycles. The van der Waals surface area contributed by atoms with Crippen LogP contribution in [0.2, 0.25) is 0 Å². The van der Waals surface area contributed by atoms with Gasteiger partial charge in [0.05, 0.1) is 0 Å². The van der Waals surface area contributed by atoms with Gasteiger partial charge >= 0.3 is 0 Å². The molecule has 0 saturated heterocycles. The molecule has 42 heavy (non-hydrogen) atoms. The van der Waals surface area contributed by atoms with E-state index >= 15 is 0 Å². The minimum Gasteiger partial charge on any atom is -0.356 e. The largest absolute Gasteiger partial charge is 0.356 e. The van der Waals surface area contributed by atoms with Crippen molar-refractivity contribution in [3.8, 4) is 0 Å². The lowest BCUT2D eigenvalue weighted by molar-refractivity contribution is 0.135. The number of rotatable bonds is 34. The maximum atomic E-state index is 2.70. The van der Waals surface area contributed by atoms with Crippen molar-refractivity contribution in [3.63, 3.8) is 0 Å². The average Bonchev–Trinajstić information content (AvgIpc) is 3.38. The first-order valence-electron chi connectivity index (χ1n) is 20.0. The first-order valence-corrected chi connectivity index (χ1v) is 20.0. The topological polar surface area (TPSA) is 6.48 Å². The van der Waals surface area contributed by atoms with Gasteiger partial charge in [-0.2, -0.15) is 0 Å². The van der Waals surface area contributed by atoms with Gasteiger partial charge in [0.25, 0.3) is 0 Å². The predicted molar refractivity (Wildman–Crippen MR) is 191 cm³/mol. The third-order valence-electron chi connectivity index (χ3n) is 9.82. The summed E-state index contributed by atoms with van der Waals surface area (Å²) in [5, 5.41) is 0. The molecule has 0 bridgehead atoms. The van der Waals surface area contributed by atoms with Crippen LogP contribution in [0, 0.1) is 0 Å². The fourth-order valence-corrected chi connectivity index (χ4v) is 6.89. The molecule has 250 valence electrons. The van der Waals surface area contributed by atoms with Gasteiger partial charge in [-0.3, -0.25) is 0 Å². The van der Waals surface area contributed by atoms with E-state index in [1.165, 1.54) is 219 Å². The van der Waals surface area contributed by atoms with Crippen molar-refractivity contribution in [1.29, 1.82) is 0 Å². The van der Waals surface area contributed by atoms with E-state index in [1.54, 1.807) is 0 Å². The van der Waals surface area contributed by atoms with Crippen LogP contribution < -0.4 is 0 Å². The summed E-state index contributed by atoms with van der Waals surface area (Å²) >= 11 is 0. The molecular weight excluding hydrogens is 508 g/mol. The van der Waals surface area contributed by atoms with Crippen LogP contribution in [0.4, 0.5) is 0 Å². The Morgan fingerprint density at radius 1 is 0.310 bits per heavy atom. The minimum atomic E-state index is 0.640. The van der Waals surface area contributed by atoms with Crippen LogP contribution in [0.3, 0.4) is 0 Å². The monoisotopic (exact) mass is 589 g/mol. The molecule has 1 unspecified atom stereocenters. The Hall–Kier alpha value is -0.660. The second-order valence-electron chi connectivity index (χ2n) is 13.9. The summed E-state index contributed by atoms with van der Waals surface area (Å²) in [7, 11) is 0. The van der Waals surface area contributed by atoms with Crippen LogP contribution in [0.1, 0.15) is 226 Å². The highest BCUT2D eigenvalue weighted by molar-refractivity contribution is 4.97. The molecule has 0 aromatic rings. The molecule has 0 aromatic heterocycles. The molecule has 1 rings (SSSR count). The van der Waals surface area contributed by atoms with Crippen LogP contribution in [0.15, 0.2) is 12.4 Å². The maximum absolute atomic E-state index is 2.70. The summed E-state index contributed by atoms with van der Waals surface area (Å²) < 4.78 is 0. The van der Waals surface area contributed by atoms with Gasteiger partial charge in [-0.1, -0.05) is 201 Å². The van der Waals surface area contributed by atoms with Gasteiger partial charge in [0.15, 0.2) is 0 Å². The van der Waals surface area contributed by atoms with Crippen molar-refractivity contribution in [2.24, 2.45) is 0 Å². The molecule has 1 heterocycles. The summed E-state index contributed by atoms with van der Waals surface area (Å²) in [6, 6.07) is 0. The van der Waals surface area contributed by atoms with Crippen LogP contribution in [-0.2, 0) is 0 Å². The highest BCUT2D eigenvalue weighted by Crippen LogP contribution is 2.24. The van der Waals surface area contributed by atoms with Crippen LogP contribution in [-0.4, -0.2) is 29.1 Å². The zero-order chi connectivity index (χ0) is 30.2. The molecule has 1 atom stereocenters. The minimum absolute atomic E-state index is 0.640. The number of unbranched alkanes of at least 4 members (excludes halogenated alkanes) is 28. The molecule has 2 heteroatoms. The molecule has 1 aliphatic heterocycles. The van der Waals surface area contributed by atoms with Gasteiger partial charge < -0.3 is 9.80 Å². The maximum Gasteiger partial charge on any atom is 0.101 e. The van der Waals surface area contributed by atoms with Gasteiger partial charge in [0.1, 0.15) is 6.17 Å². The van der Waals surface area contributed by atoms with Gasteiger partial charge in [-0.15, -0.1) is 0 Å². The van der Waals surface area contributed by atoms with Crippen molar-refractivity contribution >= 4 is 0 Å². The van der Waals surface area contributed by atoms with E-state index in [-0.39, 0.29) is 0 Å². The summed E-state index contributed by atoms with van der Waals surface area (Å²) in [5.74, 6) is 0. The van der Waals surface area contributed by atoms with Gasteiger partial charge in [-0.25, -0.2) is 0 Å². The standard InChI is InChI=1S/C40H80N2/c1-4-7-10-12-14-16-18-20-21-23-25-27-29-31-34-37-42-39-38-41(36-33-9-6-3)40(42)35-32-30-28-26-24-22-19-17-15-13-11-8-5-2/h38-40H,4-37H2,1-3H3. The zero-order valence-corrected chi connectivity index (χ0v) is 29.7. The van der Waals surface area contributed by atoms with E-state index in [1.807, 2.05) is 0 Å². The van der Waals surface area contributed by atoms with Crippen LogP contribution >= 0.6 is 0 Å². The number of nitrogens with zero attached hydrogens (tertiary/aromatic N) is 2. The highest BCUT2D eigenvalue weighted by Gasteiger charge is 2.24. The van der Waals surface area contributed by atoms with Gasteiger partial charge in [0.2, 0.25) is 0 Å². The van der Waals surface area contributed by atoms with Crippen molar-refractivity contribution in [2.75, 3.05) is 13.1 Å². The fraction of sp³-hybridized carbons (Fsp3) is 0.950. The first-order chi connectivity index (χ1) is 20.8. The lowest BCUT2D eigenvalue weighted by Crippen LogP contribution is -2.39. The highest BCUT2D eigenvalue weighted by atomic mass is 15.4. The van der Waals surface area contributed by atoms with Crippen molar-refractivity contribution in [3.05, 3.63) is 12.4 Å². The van der Waals surface area contributed by atoms with Crippen LogP contribution in [0.25, 0.3) is 0 Å². The lowest BCUT2D eigenvalue weighted by Gasteiger charge is -2.33. The summed E-state index contributed by atoms with van der Waals surface area (Å²) in [6.07, 6.45) is 51.5. The lowest BCUT2D eigenvalue weighted by atomic mass is 10.0. The smallest absolute Gasteiger partial charge is 0.101 e. The van der Waals surface area contributed by atoms with Crippen molar-refractivity contribution in [1.82, 2.24) is 9.80 Å². The van der Waals surface area contributed by atoms with E-state index in [0.29, 0.717) is 6.17 Å². The zero-order valence-electron chi connectivity index (χ0n) is 29.7. The van der Waals surface area contributed by atoms with Gasteiger partial charge in [-0.05, 0) is 25.7 Å². The second-order valence-corrected chi connectivity index (χ2v) is 13.9. The van der Waals surface area contributed by atoms with E-state index < -0.39 is 0 Å². The molecular formula is C40H80N2. The predicted octanol–water partition coefficient (Wildman–Crippen LogP) is 13.9. The summed E-state index contributed by atoms with van der Waals surface area (Å²) in [6.45, 7) is 9.47. The second kappa shape index (κ2) is 31.8.